The molecule has 21 aliphatic rings. The predicted octanol–water partition coefficient (Wildman–Crippen LogP) is -13.4. The van der Waals surface area contributed by atoms with Gasteiger partial charge in [0.1, 0.15) is 159 Å². The maximum atomic E-state index is 11.4. The number of rotatable bonds is 7. The van der Waals surface area contributed by atoms with E-state index in [0.717, 1.165) is 0 Å². The Balaban J connectivity index is 1.08. The van der Waals surface area contributed by atoms with Crippen LogP contribution in [0.15, 0.2) is 0 Å². The smallest absolute Gasteiger partial charge is 0.187 e. The van der Waals surface area contributed by atoms with Crippen LogP contribution < -0.4 is 0 Å². The van der Waals surface area contributed by atoms with E-state index < -0.39 is 248 Å². The highest BCUT2D eigenvalue weighted by atomic mass is 32.1. The first-order chi connectivity index (χ1) is 36.7. The second kappa shape index (κ2) is 26.5. The minimum absolute atomic E-state index is 0.318. The lowest BCUT2D eigenvalue weighted by molar-refractivity contribution is -0.396. The quantitative estimate of drug-likeness (QED) is 0.105. The predicted molar refractivity (Wildman–Crippen MR) is 242 cm³/mol. The lowest BCUT2D eigenvalue weighted by Gasteiger charge is -2.50. The molecule has 77 heavy (non-hydrogen) atoms. The summed E-state index contributed by atoms with van der Waals surface area (Å²) in [5.74, 6) is -0.636. The molecule has 0 saturated carbocycles. The van der Waals surface area contributed by atoms with Crippen molar-refractivity contribution in [3.05, 3.63) is 0 Å². The van der Waals surface area contributed by atoms with Gasteiger partial charge in [-0.2, -0.15) is 25.3 Å². The van der Waals surface area contributed by atoms with Gasteiger partial charge in [0.05, 0.1) is 45.2 Å². The first-order valence-electron chi connectivity index (χ1n) is 24.6. The van der Waals surface area contributed by atoms with Crippen molar-refractivity contribution in [3.63, 3.8) is 0 Å². The number of thiol groups is 2. The monoisotopic (exact) mass is 1170 g/mol. The zero-order chi connectivity index (χ0) is 56.1. The average Bonchev–Trinajstić information content (AvgIpc) is 3.45. The molecule has 448 valence electrons. The Morgan fingerprint density at radius 1 is 0.195 bits per heavy atom. The summed E-state index contributed by atoms with van der Waals surface area (Å²) >= 11 is 8.51. The summed E-state index contributed by atoms with van der Waals surface area (Å²) in [6.45, 7) is -5.08. The summed E-state index contributed by atoms with van der Waals surface area (Å²) in [7, 11) is 0. The third-order valence-corrected chi connectivity index (χ3v) is 15.5. The summed E-state index contributed by atoms with van der Waals surface area (Å²) in [5.41, 5.74) is 0. The fourth-order valence-corrected chi connectivity index (χ4v) is 11.0. The van der Waals surface area contributed by atoms with Crippen molar-refractivity contribution >= 4 is 25.3 Å². The fourth-order valence-electron chi connectivity index (χ4n) is 10.4. The van der Waals surface area contributed by atoms with Crippen molar-refractivity contribution in [2.75, 3.05) is 44.5 Å². The summed E-state index contributed by atoms with van der Waals surface area (Å²) in [5, 5.41) is 210. The Bertz CT molecular complexity index is 1480. The summed E-state index contributed by atoms with van der Waals surface area (Å²) < 4.78 is 80.6. The van der Waals surface area contributed by atoms with Crippen LogP contribution in [0.5, 0.6) is 0 Å². The second-order valence-electron chi connectivity index (χ2n) is 19.7. The molecule has 0 aliphatic carbocycles. The lowest BCUT2D eigenvalue weighted by atomic mass is 9.95. The molecule has 14 bridgehead atoms. The molecule has 21 heterocycles. The molecular weight excluding hydrogens is 1100 g/mol. The number of hydrogen-bond acceptors (Lipinski definition) is 35. The Morgan fingerprint density at radius 3 is 0.455 bits per heavy atom. The molecular formula is C42H70O33S2. The molecule has 0 radical (unpaired) electrons. The maximum absolute atomic E-state index is 11.4. The molecule has 21 fully saturated rings. The minimum Gasteiger partial charge on any atom is -0.394 e. The molecule has 19 N–H and O–H groups in total. The van der Waals surface area contributed by atoms with Gasteiger partial charge < -0.3 is 163 Å². The highest BCUT2D eigenvalue weighted by molar-refractivity contribution is 7.80. The standard InChI is InChI=1S/C42H70O33S2/c43-1-8-29-15(48)22(55)36(62-8)70-30-9(2-44)64-38(24(57)17(30)50)72-32-11(4-46)66-40(26(59)19(32)52)74-34-13(6-76)68-42(28(61)21(34)54)75-35-14(7-77)67-41(27(60)20(35)53)73-33-12(5-47)65-39(25(58)18(33)51)71-31-10(3-45)63-37(69-29)23(56)16(31)49/h8-61,76-77H,1-7H2/t8-,9-,10-,11-,12-,13-,14-,15-,16-,17-,18-,19-,20-,21-,22-,23-,24-,25-,26-,27-,28-,29-,30-,31-,32-,33-,34-,35-,36-,37-,38-,39-,40-,41-,42-/m1/s1. The van der Waals surface area contributed by atoms with Crippen molar-refractivity contribution in [1.29, 1.82) is 0 Å². The number of aliphatic hydroxyl groups is 19. The minimum atomic E-state index is -2.19. The molecule has 0 aromatic carbocycles. The Hall–Kier alpha value is -0.620. The second-order valence-corrected chi connectivity index (χ2v) is 20.4. The van der Waals surface area contributed by atoms with Crippen LogP contribution in [-0.2, 0) is 66.3 Å². The Kier molecular flexibility index (Phi) is 21.5. The van der Waals surface area contributed by atoms with Gasteiger partial charge in [-0.25, -0.2) is 0 Å². The van der Waals surface area contributed by atoms with Crippen molar-refractivity contribution in [2.45, 2.75) is 215 Å². The SMILES string of the molecule is OC[C@H]1O[C@@H]2O[C@H]3[C@H](O)[C@@H](O)[C@@H](O[C@H]4[C@H](O)[C@@H](O)[C@@H](O[C@H]5[C@H](O)[C@@H](O)[C@@H](O[C@H]6[C@H](O)[C@@H](O)[C@@H](O[C@H]7[C@H](O)[C@@H](O)[C@@H](O[C@H]8[C@H](O)[C@@H](O)[C@@H](O[C@H]1[C@H](O)[C@H]2O)O[C@@H]8CO)O[C@@H]7CO)O[C@@H]6CS)O[C@@H]5CS)O[C@@H]4CO)O[C@@H]3CO. The summed E-state index contributed by atoms with van der Waals surface area (Å²) in [6.07, 6.45) is -67.2. The van der Waals surface area contributed by atoms with Crippen LogP contribution >= 0.6 is 25.3 Å². The van der Waals surface area contributed by atoms with Gasteiger partial charge in [-0.15, -0.1) is 0 Å². The molecule has 35 atom stereocenters. The van der Waals surface area contributed by atoms with Crippen LogP contribution in [0.1, 0.15) is 0 Å². The molecule has 0 aromatic heterocycles. The molecule has 35 heteroatoms. The van der Waals surface area contributed by atoms with Crippen molar-refractivity contribution < 1.29 is 163 Å². The number of aliphatic hydroxyl groups excluding tert-OH is 19. The normalized spacial score (nSPS) is 55.4. The van der Waals surface area contributed by atoms with E-state index in [4.69, 9.17) is 66.3 Å². The third-order valence-electron chi connectivity index (χ3n) is 14.8. The summed E-state index contributed by atoms with van der Waals surface area (Å²) in [4.78, 5) is 0. The Labute approximate surface area is 447 Å². The van der Waals surface area contributed by atoms with Gasteiger partial charge in [0, 0.05) is 11.5 Å². The van der Waals surface area contributed by atoms with Crippen LogP contribution in [-0.4, -0.2) is 357 Å². The molecule has 0 spiro atoms. The van der Waals surface area contributed by atoms with Crippen LogP contribution in [0.25, 0.3) is 0 Å². The van der Waals surface area contributed by atoms with Crippen molar-refractivity contribution in [3.8, 4) is 0 Å². The van der Waals surface area contributed by atoms with Gasteiger partial charge in [0.25, 0.3) is 0 Å². The average molecular weight is 1170 g/mol. The first kappa shape index (κ1) is 62.4. The van der Waals surface area contributed by atoms with Gasteiger partial charge in [-0.3, -0.25) is 0 Å². The zero-order valence-electron chi connectivity index (χ0n) is 40.3. The highest BCUT2D eigenvalue weighted by Gasteiger charge is 2.59. The molecule has 0 amide bonds. The van der Waals surface area contributed by atoms with E-state index in [2.05, 4.69) is 25.3 Å². The van der Waals surface area contributed by atoms with Crippen LogP contribution in [0.3, 0.4) is 0 Å². The lowest BCUT2D eigenvalue weighted by Crippen LogP contribution is -2.68. The van der Waals surface area contributed by atoms with E-state index in [1.54, 1.807) is 0 Å². The first-order valence-corrected chi connectivity index (χ1v) is 25.9. The van der Waals surface area contributed by atoms with E-state index in [0.29, 0.717) is 0 Å². The largest absolute Gasteiger partial charge is 0.394 e. The van der Waals surface area contributed by atoms with Crippen LogP contribution in [0.2, 0.25) is 0 Å². The van der Waals surface area contributed by atoms with Crippen molar-refractivity contribution in [2.24, 2.45) is 0 Å². The maximum Gasteiger partial charge on any atom is 0.187 e. The summed E-state index contributed by atoms with van der Waals surface area (Å²) in [6, 6.07) is 0. The van der Waals surface area contributed by atoms with Crippen LogP contribution in [0.4, 0.5) is 0 Å². The van der Waals surface area contributed by atoms with E-state index in [1.807, 2.05) is 0 Å². The number of hydrogen-bond donors (Lipinski definition) is 21. The molecule has 21 aliphatic heterocycles. The van der Waals surface area contributed by atoms with E-state index in [-0.39, 0.29) is 11.5 Å². The third kappa shape index (κ3) is 12.3. The van der Waals surface area contributed by atoms with Crippen molar-refractivity contribution in [1.82, 2.24) is 0 Å². The van der Waals surface area contributed by atoms with Crippen LogP contribution in [0, 0.1) is 0 Å². The zero-order valence-corrected chi connectivity index (χ0v) is 42.1. The fraction of sp³-hybridized carbons (Fsp3) is 1.00. The van der Waals surface area contributed by atoms with Gasteiger partial charge in [-0.05, 0) is 0 Å². The molecule has 21 rings (SSSR count). The molecule has 33 nitrogen and oxygen atoms in total. The number of ether oxygens (including phenoxy) is 14. The molecule has 0 aromatic rings. The highest BCUT2D eigenvalue weighted by Crippen LogP contribution is 2.39. The Morgan fingerprint density at radius 2 is 0.325 bits per heavy atom. The molecule has 21 saturated heterocycles. The van der Waals surface area contributed by atoms with Gasteiger partial charge in [0.2, 0.25) is 0 Å². The van der Waals surface area contributed by atoms with Gasteiger partial charge in [0.15, 0.2) is 44.0 Å². The van der Waals surface area contributed by atoms with E-state index in [9.17, 15) is 97.0 Å². The van der Waals surface area contributed by atoms with Gasteiger partial charge >= 0.3 is 0 Å². The van der Waals surface area contributed by atoms with E-state index in [1.165, 1.54) is 0 Å². The molecule has 0 unspecified atom stereocenters. The van der Waals surface area contributed by atoms with E-state index >= 15 is 0 Å². The topological polar surface area (TPSA) is 514 Å². The van der Waals surface area contributed by atoms with Gasteiger partial charge in [-0.1, -0.05) is 0 Å².